The standard InChI is InChI=1S/C20H21NO4/c1-12-17(14(3)22)13(2)21-18(12)16(23)11-25-19(24)20(9-10-20)15-7-5-4-6-8-15/h4-8,21H,9-11H2,1-3H3. The largest absolute Gasteiger partial charge is 0.457 e. The van der Waals surface area contributed by atoms with Gasteiger partial charge in [0.1, 0.15) is 0 Å². The minimum Gasteiger partial charge on any atom is -0.457 e. The van der Waals surface area contributed by atoms with Crippen molar-refractivity contribution in [3.63, 3.8) is 0 Å². The second kappa shape index (κ2) is 6.31. The molecule has 1 aromatic heterocycles. The van der Waals surface area contributed by atoms with Gasteiger partial charge in [-0.25, -0.2) is 0 Å². The Labute approximate surface area is 146 Å². The highest BCUT2D eigenvalue weighted by atomic mass is 16.5. The minimum absolute atomic E-state index is 0.0942. The highest BCUT2D eigenvalue weighted by molar-refractivity contribution is 6.04. The molecule has 2 aromatic rings. The molecule has 1 fully saturated rings. The molecule has 5 heteroatoms. The van der Waals surface area contributed by atoms with Gasteiger partial charge in [-0.05, 0) is 44.7 Å². The van der Waals surface area contributed by atoms with Crippen LogP contribution in [0.4, 0.5) is 0 Å². The summed E-state index contributed by atoms with van der Waals surface area (Å²) < 4.78 is 5.31. The number of aryl methyl sites for hydroxylation is 1. The number of carbonyl (C=O) groups is 3. The second-order valence-corrected chi connectivity index (χ2v) is 6.63. The normalized spacial score (nSPS) is 14.8. The third kappa shape index (κ3) is 3.02. The zero-order valence-electron chi connectivity index (χ0n) is 14.6. The maximum Gasteiger partial charge on any atom is 0.317 e. The second-order valence-electron chi connectivity index (χ2n) is 6.63. The highest BCUT2D eigenvalue weighted by Gasteiger charge is 2.52. The van der Waals surface area contributed by atoms with Crippen molar-refractivity contribution >= 4 is 17.5 Å². The Balaban J connectivity index is 1.70. The number of ketones is 2. The lowest BCUT2D eigenvalue weighted by atomic mass is 9.96. The fraction of sp³-hybridized carbons (Fsp3) is 0.350. The van der Waals surface area contributed by atoms with Crippen LogP contribution in [0.1, 0.15) is 57.4 Å². The molecule has 0 amide bonds. The number of ether oxygens (including phenoxy) is 1. The van der Waals surface area contributed by atoms with Crippen molar-refractivity contribution in [2.75, 3.05) is 6.61 Å². The van der Waals surface area contributed by atoms with E-state index in [9.17, 15) is 14.4 Å². The van der Waals surface area contributed by atoms with Crippen LogP contribution in [0.25, 0.3) is 0 Å². The van der Waals surface area contributed by atoms with Crippen molar-refractivity contribution in [1.82, 2.24) is 4.98 Å². The van der Waals surface area contributed by atoms with Crippen LogP contribution in [0, 0.1) is 13.8 Å². The Bertz CT molecular complexity index is 844. The number of hydrogen-bond acceptors (Lipinski definition) is 4. The number of esters is 1. The van der Waals surface area contributed by atoms with Gasteiger partial charge in [-0.2, -0.15) is 0 Å². The molecule has 0 saturated heterocycles. The van der Waals surface area contributed by atoms with Gasteiger partial charge >= 0.3 is 5.97 Å². The molecule has 1 aliphatic carbocycles. The molecule has 3 rings (SSSR count). The molecule has 0 unspecified atom stereocenters. The molecule has 0 spiro atoms. The molecule has 0 atom stereocenters. The smallest absolute Gasteiger partial charge is 0.317 e. The van der Waals surface area contributed by atoms with Crippen LogP contribution in [-0.4, -0.2) is 29.1 Å². The number of benzene rings is 1. The summed E-state index contributed by atoms with van der Waals surface area (Å²) in [5, 5.41) is 0. The molecule has 0 radical (unpaired) electrons. The summed E-state index contributed by atoms with van der Waals surface area (Å²) in [4.78, 5) is 39.5. The van der Waals surface area contributed by atoms with E-state index in [-0.39, 0.29) is 24.1 Å². The van der Waals surface area contributed by atoms with Crippen molar-refractivity contribution in [2.24, 2.45) is 0 Å². The van der Waals surface area contributed by atoms with Gasteiger partial charge in [-0.3, -0.25) is 14.4 Å². The molecule has 5 nitrogen and oxygen atoms in total. The van der Waals surface area contributed by atoms with Gasteiger partial charge in [0.25, 0.3) is 0 Å². The molecular formula is C20H21NO4. The predicted molar refractivity (Wildman–Crippen MR) is 92.9 cm³/mol. The Kier molecular flexibility index (Phi) is 4.33. The first-order valence-electron chi connectivity index (χ1n) is 8.33. The van der Waals surface area contributed by atoms with E-state index < -0.39 is 5.41 Å². The van der Waals surface area contributed by atoms with Crippen LogP contribution in [0.3, 0.4) is 0 Å². The van der Waals surface area contributed by atoms with Crippen LogP contribution in [-0.2, 0) is 14.9 Å². The molecule has 25 heavy (non-hydrogen) atoms. The fourth-order valence-electron chi connectivity index (χ4n) is 3.39. The van der Waals surface area contributed by atoms with Gasteiger partial charge in [-0.1, -0.05) is 30.3 Å². The number of aromatic amines is 1. The predicted octanol–water partition coefficient (Wildman–Crippen LogP) is 3.29. The summed E-state index contributed by atoms with van der Waals surface area (Å²) in [7, 11) is 0. The summed E-state index contributed by atoms with van der Waals surface area (Å²) in [6, 6.07) is 9.50. The first-order chi connectivity index (χ1) is 11.9. The maximum atomic E-state index is 12.5. The Morgan fingerprint density at radius 3 is 2.28 bits per heavy atom. The lowest BCUT2D eigenvalue weighted by Gasteiger charge is -2.14. The van der Waals surface area contributed by atoms with Crippen LogP contribution in [0.15, 0.2) is 30.3 Å². The summed E-state index contributed by atoms with van der Waals surface area (Å²) in [5.74, 6) is -0.784. The Morgan fingerprint density at radius 1 is 1.12 bits per heavy atom. The SMILES string of the molecule is CC(=O)c1c(C)[nH]c(C(=O)COC(=O)C2(c3ccccc3)CC2)c1C. The average Bonchev–Trinajstić information content (AvgIpc) is 3.34. The molecule has 0 aliphatic heterocycles. The number of hydrogen-bond donors (Lipinski definition) is 1. The van der Waals surface area contributed by atoms with E-state index in [1.807, 2.05) is 30.3 Å². The van der Waals surface area contributed by atoms with Gasteiger partial charge in [0.15, 0.2) is 12.4 Å². The Morgan fingerprint density at radius 2 is 1.76 bits per heavy atom. The first-order valence-corrected chi connectivity index (χ1v) is 8.33. The third-order valence-electron chi connectivity index (χ3n) is 4.87. The lowest BCUT2D eigenvalue weighted by Crippen LogP contribution is -2.26. The summed E-state index contributed by atoms with van der Waals surface area (Å²) in [5.41, 5.74) is 2.45. The van der Waals surface area contributed by atoms with E-state index in [1.165, 1.54) is 6.92 Å². The third-order valence-corrected chi connectivity index (χ3v) is 4.87. The van der Waals surface area contributed by atoms with Crippen LogP contribution in [0.5, 0.6) is 0 Å². The van der Waals surface area contributed by atoms with Gasteiger partial charge in [0, 0.05) is 11.3 Å². The molecule has 1 aromatic carbocycles. The van der Waals surface area contributed by atoms with Crippen molar-refractivity contribution in [3.05, 3.63) is 58.4 Å². The number of carbonyl (C=O) groups excluding carboxylic acids is 3. The topological polar surface area (TPSA) is 76.2 Å². The van der Waals surface area contributed by atoms with E-state index in [2.05, 4.69) is 4.98 Å². The van der Waals surface area contributed by atoms with E-state index in [0.717, 1.165) is 18.4 Å². The minimum atomic E-state index is -0.604. The lowest BCUT2D eigenvalue weighted by molar-refractivity contribution is -0.145. The number of H-pyrrole nitrogens is 1. The molecule has 1 aliphatic rings. The van der Waals surface area contributed by atoms with E-state index in [4.69, 9.17) is 4.74 Å². The van der Waals surface area contributed by atoms with Crippen LogP contribution >= 0.6 is 0 Å². The van der Waals surface area contributed by atoms with Gasteiger partial charge in [0.2, 0.25) is 5.78 Å². The summed E-state index contributed by atoms with van der Waals surface area (Å²) in [6.07, 6.45) is 1.47. The zero-order valence-corrected chi connectivity index (χ0v) is 14.6. The van der Waals surface area contributed by atoms with Crippen LogP contribution in [0.2, 0.25) is 0 Å². The molecule has 0 bridgehead atoms. The van der Waals surface area contributed by atoms with Gasteiger partial charge in [-0.15, -0.1) is 0 Å². The maximum absolute atomic E-state index is 12.5. The Hall–Kier alpha value is -2.69. The average molecular weight is 339 g/mol. The first kappa shape index (κ1) is 17.1. The van der Waals surface area contributed by atoms with Crippen molar-refractivity contribution in [1.29, 1.82) is 0 Å². The number of Topliss-reactive ketones (excluding diaryl/α,β-unsaturated/α-hetero) is 2. The monoisotopic (exact) mass is 339 g/mol. The molecule has 130 valence electrons. The van der Waals surface area contributed by atoms with Gasteiger partial charge in [0.05, 0.1) is 11.1 Å². The van der Waals surface area contributed by atoms with E-state index in [0.29, 0.717) is 22.5 Å². The summed E-state index contributed by atoms with van der Waals surface area (Å²) in [6.45, 7) is 4.61. The highest BCUT2D eigenvalue weighted by Crippen LogP contribution is 2.49. The number of nitrogens with one attached hydrogen (secondary N) is 1. The van der Waals surface area contributed by atoms with E-state index in [1.54, 1.807) is 13.8 Å². The fourth-order valence-corrected chi connectivity index (χ4v) is 3.39. The van der Waals surface area contributed by atoms with Crippen molar-refractivity contribution in [2.45, 2.75) is 39.0 Å². The number of aromatic nitrogens is 1. The van der Waals surface area contributed by atoms with Crippen LogP contribution < -0.4 is 0 Å². The van der Waals surface area contributed by atoms with E-state index >= 15 is 0 Å². The van der Waals surface area contributed by atoms with Crippen molar-refractivity contribution < 1.29 is 19.1 Å². The zero-order chi connectivity index (χ0) is 18.2. The number of rotatable bonds is 6. The summed E-state index contributed by atoms with van der Waals surface area (Å²) >= 11 is 0. The molecule has 1 heterocycles. The quantitative estimate of drug-likeness (QED) is 0.647. The van der Waals surface area contributed by atoms with Gasteiger partial charge < -0.3 is 9.72 Å². The van der Waals surface area contributed by atoms with Crippen molar-refractivity contribution in [3.8, 4) is 0 Å². The molecule has 1 saturated carbocycles. The molecule has 1 N–H and O–H groups in total. The molecular weight excluding hydrogens is 318 g/mol.